The molecule has 2 aromatic heterocycles. The first-order valence-electron chi connectivity index (χ1n) is 10.0. The highest BCUT2D eigenvalue weighted by atomic mass is 35.5. The minimum atomic E-state index is -0.0158. The maximum Gasteiger partial charge on any atom is 0.226 e. The number of hydrogen-bond donors (Lipinski definition) is 0. The summed E-state index contributed by atoms with van der Waals surface area (Å²) in [4.78, 5) is 21.5. The summed E-state index contributed by atoms with van der Waals surface area (Å²) in [6.07, 6.45) is 4.83. The molecule has 3 aromatic rings. The van der Waals surface area contributed by atoms with Crippen molar-refractivity contribution in [2.24, 2.45) is 5.92 Å². The number of carbonyl (C=O) groups excluding carboxylic acids is 1. The lowest BCUT2D eigenvalue weighted by molar-refractivity contribution is -0.137. The lowest BCUT2D eigenvalue weighted by atomic mass is 9.93. The van der Waals surface area contributed by atoms with Crippen LogP contribution in [0.3, 0.4) is 0 Å². The first-order chi connectivity index (χ1) is 14.6. The Morgan fingerprint density at radius 2 is 2.03 bits per heavy atom. The van der Waals surface area contributed by atoms with Gasteiger partial charge in [0, 0.05) is 48.7 Å². The fourth-order valence-corrected chi connectivity index (χ4v) is 4.61. The molecule has 0 radical (unpaired) electrons. The summed E-state index contributed by atoms with van der Waals surface area (Å²) in [5, 5.41) is 19.2. The van der Waals surface area contributed by atoms with Gasteiger partial charge < -0.3 is 14.4 Å². The van der Waals surface area contributed by atoms with E-state index in [1.165, 1.54) is 0 Å². The Morgan fingerprint density at radius 3 is 2.83 bits per heavy atom. The molecule has 0 N–H and O–H groups in total. The van der Waals surface area contributed by atoms with E-state index in [4.69, 9.17) is 11.6 Å². The van der Waals surface area contributed by atoms with Crippen LogP contribution in [-0.2, 0) is 17.9 Å². The number of hydrogen-bond acceptors (Lipinski definition) is 6. The van der Waals surface area contributed by atoms with Crippen molar-refractivity contribution in [3.63, 3.8) is 0 Å². The highest BCUT2D eigenvalue weighted by molar-refractivity contribution is 6.31. The van der Waals surface area contributed by atoms with Gasteiger partial charge in [0.15, 0.2) is 5.82 Å². The van der Waals surface area contributed by atoms with Crippen LogP contribution in [0, 0.1) is 17.2 Å². The lowest BCUT2D eigenvalue weighted by Gasteiger charge is -2.37. The predicted octanol–water partition coefficient (Wildman–Crippen LogP) is 2.61. The monoisotopic (exact) mass is 421 g/mol. The highest BCUT2D eigenvalue weighted by Crippen LogP contribution is 2.34. The van der Waals surface area contributed by atoms with E-state index >= 15 is 0 Å². The average Bonchev–Trinajstić information content (AvgIpc) is 3.26. The van der Waals surface area contributed by atoms with Crippen molar-refractivity contribution in [2.45, 2.75) is 25.9 Å². The highest BCUT2D eigenvalue weighted by Gasteiger charge is 2.32. The number of carbonyl (C=O) groups is 1. The van der Waals surface area contributed by atoms with Crippen LogP contribution in [0.2, 0.25) is 5.02 Å². The Hall–Kier alpha value is -3.18. The van der Waals surface area contributed by atoms with Crippen molar-refractivity contribution < 1.29 is 4.79 Å². The van der Waals surface area contributed by atoms with Gasteiger partial charge in [-0.3, -0.25) is 9.78 Å². The van der Waals surface area contributed by atoms with E-state index in [2.05, 4.69) is 26.2 Å². The first-order valence-corrected chi connectivity index (χ1v) is 10.4. The molecule has 1 amide bonds. The molecule has 5 rings (SSSR count). The van der Waals surface area contributed by atoms with E-state index < -0.39 is 0 Å². The molecule has 0 spiro atoms. The zero-order chi connectivity index (χ0) is 20.7. The molecule has 4 heterocycles. The van der Waals surface area contributed by atoms with E-state index in [0.29, 0.717) is 36.8 Å². The van der Waals surface area contributed by atoms with Crippen LogP contribution in [0.15, 0.2) is 30.7 Å². The lowest BCUT2D eigenvalue weighted by Crippen LogP contribution is -2.45. The normalized spacial score (nSPS) is 17.1. The van der Waals surface area contributed by atoms with E-state index in [0.717, 1.165) is 41.8 Å². The Kier molecular flexibility index (Phi) is 4.75. The quantitative estimate of drug-likeness (QED) is 0.631. The van der Waals surface area contributed by atoms with Gasteiger partial charge in [0.1, 0.15) is 12.4 Å². The van der Waals surface area contributed by atoms with Crippen molar-refractivity contribution in [3.05, 3.63) is 47.1 Å². The Balaban J connectivity index is 1.34. The molecule has 1 fully saturated rings. The number of nitriles is 1. The summed E-state index contributed by atoms with van der Waals surface area (Å²) in [5.41, 5.74) is 2.20. The van der Waals surface area contributed by atoms with Crippen LogP contribution in [0.1, 0.15) is 24.2 Å². The smallest absolute Gasteiger partial charge is 0.226 e. The molecule has 1 aromatic carbocycles. The third-order valence-corrected chi connectivity index (χ3v) is 6.27. The van der Waals surface area contributed by atoms with Crippen molar-refractivity contribution in [2.75, 3.05) is 24.5 Å². The van der Waals surface area contributed by atoms with Gasteiger partial charge in [0.25, 0.3) is 0 Å². The summed E-state index contributed by atoms with van der Waals surface area (Å²) in [5.74, 6) is 1.01. The van der Waals surface area contributed by atoms with Gasteiger partial charge in [-0.25, -0.2) is 0 Å². The molecule has 8 nitrogen and oxygen atoms in total. The molecule has 2 aliphatic rings. The van der Waals surface area contributed by atoms with Gasteiger partial charge >= 0.3 is 0 Å². The number of rotatable bonds is 2. The van der Waals surface area contributed by atoms with Gasteiger partial charge in [-0.05, 0) is 31.0 Å². The van der Waals surface area contributed by atoms with Crippen molar-refractivity contribution in [3.8, 4) is 6.07 Å². The summed E-state index contributed by atoms with van der Waals surface area (Å²) < 4.78 is 2.00. The average molecular weight is 422 g/mol. The molecule has 0 saturated carbocycles. The summed E-state index contributed by atoms with van der Waals surface area (Å²) in [6, 6.07) is 7.79. The number of fused-ring (bicyclic) bond motifs is 2. The zero-order valence-corrected chi connectivity index (χ0v) is 17.1. The third-order valence-electron chi connectivity index (χ3n) is 6.03. The number of benzene rings is 1. The molecule has 9 heteroatoms. The van der Waals surface area contributed by atoms with E-state index in [1.807, 2.05) is 21.6 Å². The standard InChI is InChI=1S/C21H20ClN7O/c22-16-1-2-18-17(9-16)20(15(10-23)11-24-18)27-5-3-14(4-6-27)21(30)28-7-8-29-13-25-26-19(29)12-28/h1-2,9,11,13-14H,3-8,12H2. The molecule has 0 bridgehead atoms. The topological polar surface area (TPSA) is 90.9 Å². The second-order valence-corrected chi connectivity index (χ2v) is 8.19. The zero-order valence-electron chi connectivity index (χ0n) is 16.3. The second kappa shape index (κ2) is 7.58. The molecular formula is C21H20ClN7O. The number of anilines is 1. The first kappa shape index (κ1) is 18.8. The number of halogens is 1. The molecule has 30 heavy (non-hydrogen) atoms. The fraction of sp³-hybridized carbons (Fsp3) is 0.381. The Morgan fingerprint density at radius 1 is 1.20 bits per heavy atom. The Bertz CT molecular complexity index is 1160. The van der Waals surface area contributed by atoms with Crippen molar-refractivity contribution >= 4 is 34.1 Å². The van der Waals surface area contributed by atoms with E-state index in [1.54, 1.807) is 18.6 Å². The van der Waals surface area contributed by atoms with E-state index in [-0.39, 0.29) is 11.8 Å². The third kappa shape index (κ3) is 3.25. The summed E-state index contributed by atoms with van der Waals surface area (Å²) in [7, 11) is 0. The van der Waals surface area contributed by atoms with E-state index in [9.17, 15) is 10.1 Å². The van der Waals surface area contributed by atoms with Crippen LogP contribution in [0.5, 0.6) is 0 Å². The van der Waals surface area contributed by atoms with Crippen molar-refractivity contribution in [1.29, 1.82) is 5.26 Å². The van der Waals surface area contributed by atoms with Gasteiger partial charge in [0.05, 0.1) is 23.3 Å². The van der Waals surface area contributed by atoms with Crippen molar-refractivity contribution in [1.82, 2.24) is 24.6 Å². The minimum Gasteiger partial charge on any atom is -0.370 e. The number of nitrogens with zero attached hydrogens (tertiary/aromatic N) is 7. The van der Waals surface area contributed by atoms with Gasteiger partial charge in [0.2, 0.25) is 5.91 Å². The molecular weight excluding hydrogens is 402 g/mol. The number of piperidine rings is 1. The molecule has 0 atom stereocenters. The van der Waals surface area contributed by atoms with Crippen LogP contribution < -0.4 is 4.90 Å². The SMILES string of the molecule is N#Cc1cnc2ccc(Cl)cc2c1N1CCC(C(=O)N2CCn3cnnc3C2)CC1. The van der Waals surface area contributed by atoms with Crippen LogP contribution >= 0.6 is 11.6 Å². The molecule has 1 saturated heterocycles. The number of pyridine rings is 1. The predicted molar refractivity (Wildman–Crippen MR) is 112 cm³/mol. The minimum absolute atomic E-state index is 0.0158. The molecule has 152 valence electrons. The van der Waals surface area contributed by atoms with Gasteiger partial charge in [-0.2, -0.15) is 5.26 Å². The fourth-order valence-electron chi connectivity index (χ4n) is 4.44. The Labute approximate surface area is 178 Å². The molecule has 0 unspecified atom stereocenters. The second-order valence-electron chi connectivity index (χ2n) is 7.76. The maximum absolute atomic E-state index is 13.1. The van der Waals surface area contributed by atoms with Crippen LogP contribution in [0.4, 0.5) is 5.69 Å². The van der Waals surface area contributed by atoms with Gasteiger partial charge in [-0.15, -0.1) is 10.2 Å². The molecule has 0 aliphatic carbocycles. The molecule has 2 aliphatic heterocycles. The number of aromatic nitrogens is 4. The van der Waals surface area contributed by atoms with Gasteiger partial charge in [-0.1, -0.05) is 11.6 Å². The summed E-state index contributed by atoms with van der Waals surface area (Å²) >= 11 is 6.21. The largest absolute Gasteiger partial charge is 0.370 e. The van der Waals surface area contributed by atoms with Crippen LogP contribution in [0.25, 0.3) is 10.9 Å². The summed E-state index contributed by atoms with van der Waals surface area (Å²) in [6.45, 7) is 3.37. The number of amides is 1. The van der Waals surface area contributed by atoms with Crippen LogP contribution in [-0.4, -0.2) is 50.2 Å². The maximum atomic E-state index is 13.1.